The monoisotopic (exact) mass is 230 g/mol. The van der Waals surface area contributed by atoms with Crippen molar-refractivity contribution in [2.75, 3.05) is 0 Å². The first-order valence-corrected chi connectivity index (χ1v) is 4.42. The molecule has 0 spiro atoms. The molecule has 3 N–H and O–H groups in total. The minimum absolute atomic E-state index is 0.0556. The topological polar surface area (TPSA) is 38.0 Å². The van der Waals surface area contributed by atoms with Crippen LogP contribution in [0.3, 0.4) is 0 Å². The second-order valence-corrected chi connectivity index (χ2v) is 4.03. The molecule has 1 unspecified atom stereocenters. The Labute approximate surface area is 81.5 Å². The van der Waals surface area contributed by atoms with E-state index in [0.717, 1.165) is 11.3 Å². The van der Waals surface area contributed by atoms with Gasteiger partial charge in [0.05, 0.1) is 4.34 Å². The number of nitrogens with one attached hydrogen (secondary N) is 1. The van der Waals surface area contributed by atoms with E-state index in [0.29, 0.717) is 4.34 Å². The first-order chi connectivity index (χ1) is 5.95. The Morgan fingerprint density at radius 2 is 2.08 bits per heavy atom. The smallest absolute Gasteiger partial charge is 0.271 e. The molecule has 0 aliphatic rings. The quantitative estimate of drug-likeness (QED) is 0.605. The molecule has 0 aliphatic carbocycles. The van der Waals surface area contributed by atoms with Gasteiger partial charge >= 0.3 is 6.18 Å². The molecule has 1 heterocycles. The summed E-state index contributed by atoms with van der Waals surface area (Å²) in [7, 11) is 0. The van der Waals surface area contributed by atoms with Crippen LogP contribution in [0.2, 0.25) is 4.34 Å². The zero-order valence-electron chi connectivity index (χ0n) is 6.23. The van der Waals surface area contributed by atoms with Gasteiger partial charge in [-0.1, -0.05) is 11.6 Å². The van der Waals surface area contributed by atoms with Gasteiger partial charge in [-0.05, 0) is 12.1 Å². The molecule has 2 nitrogen and oxygen atoms in total. The van der Waals surface area contributed by atoms with Crippen molar-refractivity contribution in [2.45, 2.75) is 12.2 Å². The summed E-state index contributed by atoms with van der Waals surface area (Å²) >= 11 is 6.34. The van der Waals surface area contributed by atoms with Crippen molar-refractivity contribution in [1.29, 1.82) is 0 Å². The minimum atomic E-state index is -4.40. The van der Waals surface area contributed by atoms with Crippen LogP contribution >= 0.6 is 22.9 Å². The lowest BCUT2D eigenvalue weighted by Gasteiger charge is -2.17. The fourth-order valence-electron chi connectivity index (χ4n) is 0.821. The highest BCUT2D eigenvalue weighted by Crippen LogP contribution is 2.36. The number of hydrogen-bond donors (Lipinski definition) is 2. The molecule has 74 valence electrons. The van der Waals surface area contributed by atoms with Crippen molar-refractivity contribution in [3.63, 3.8) is 0 Å². The third-order valence-electron chi connectivity index (χ3n) is 1.37. The average molecular weight is 231 g/mol. The summed E-state index contributed by atoms with van der Waals surface area (Å²) < 4.78 is 37.0. The summed E-state index contributed by atoms with van der Waals surface area (Å²) in [6, 6.07) is 0.854. The van der Waals surface area contributed by atoms with Gasteiger partial charge in [-0.25, -0.2) is 5.43 Å². The van der Waals surface area contributed by atoms with E-state index in [4.69, 9.17) is 17.4 Å². The molecular formula is C6H6ClF3N2S. The lowest BCUT2D eigenvalue weighted by atomic mass is 10.2. The minimum Gasteiger partial charge on any atom is -0.271 e. The second kappa shape index (κ2) is 3.83. The number of halogens is 4. The number of nitrogens with two attached hydrogens (primary N) is 1. The van der Waals surface area contributed by atoms with Gasteiger partial charge in [0.15, 0.2) is 6.04 Å². The number of rotatable bonds is 2. The summed E-state index contributed by atoms with van der Waals surface area (Å²) in [5, 5.41) is 0. The lowest BCUT2D eigenvalue weighted by Crippen LogP contribution is -2.37. The SMILES string of the molecule is NNC(c1ccc(Cl)s1)C(F)(F)F. The van der Waals surface area contributed by atoms with Crippen molar-refractivity contribution >= 4 is 22.9 Å². The standard InChI is InChI=1S/C6H6ClF3N2S/c7-4-2-1-3(13-4)5(12-11)6(8,9)10/h1-2,5,12H,11H2. The molecule has 0 saturated heterocycles. The molecule has 0 aliphatic heterocycles. The number of alkyl halides is 3. The van der Waals surface area contributed by atoms with Gasteiger partial charge in [-0.3, -0.25) is 5.84 Å². The first kappa shape index (κ1) is 10.8. The Bertz CT molecular complexity index is 286. The van der Waals surface area contributed by atoms with Crippen molar-refractivity contribution in [1.82, 2.24) is 5.43 Å². The summed E-state index contributed by atoms with van der Waals surface area (Å²) in [4.78, 5) is 0.0556. The second-order valence-electron chi connectivity index (χ2n) is 2.28. The summed E-state index contributed by atoms with van der Waals surface area (Å²) in [5.74, 6) is 4.79. The van der Waals surface area contributed by atoms with Crippen LogP contribution in [-0.2, 0) is 0 Å². The number of hydrogen-bond acceptors (Lipinski definition) is 3. The lowest BCUT2D eigenvalue weighted by molar-refractivity contribution is -0.157. The van der Waals surface area contributed by atoms with E-state index in [-0.39, 0.29) is 4.88 Å². The Hall–Kier alpha value is -0.300. The molecule has 0 aromatic carbocycles. The fourth-order valence-corrected chi connectivity index (χ4v) is 1.97. The normalized spacial score (nSPS) is 14.5. The van der Waals surface area contributed by atoms with E-state index in [1.807, 2.05) is 0 Å². The Morgan fingerprint density at radius 1 is 1.46 bits per heavy atom. The fraction of sp³-hybridized carbons (Fsp3) is 0.333. The predicted octanol–water partition coefficient (Wildman–Crippen LogP) is 2.47. The molecule has 0 radical (unpaired) electrons. The molecule has 0 fully saturated rings. The molecule has 0 bridgehead atoms. The number of hydrazine groups is 1. The maximum absolute atomic E-state index is 12.2. The van der Waals surface area contributed by atoms with Crippen LogP contribution in [0.25, 0.3) is 0 Å². The van der Waals surface area contributed by atoms with Crippen LogP contribution in [0.1, 0.15) is 10.9 Å². The van der Waals surface area contributed by atoms with Crippen LogP contribution in [0, 0.1) is 0 Å². The van der Waals surface area contributed by atoms with Gasteiger partial charge in [0.2, 0.25) is 0 Å². The Morgan fingerprint density at radius 3 is 2.38 bits per heavy atom. The van der Waals surface area contributed by atoms with Gasteiger partial charge in [0, 0.05) is 4.88 Å². The highest BCUT2D eigenvalue weighted by molar-refractivity contribution is 7.16. The van der Waals surface area contributed by atoms with Gasteiger partial charge in [0.1, 0.15) is 0 Å². The molecule has 1 aromatic rings. The average Bonchev–Trinajstić information content (AvgIpc) is 2.34. The van der Waals surface area contributed by atoms with E-state index >= 15 is 0 Å². The van der Waals surface area contributed by atoms with Crippen LogP contribution in [-0.4, -0.2) is 6.18 Å². The maximum atomic E-state index is 12.2. The predicted molar refractivity (Wildman–Crippen MR) is 45.4 cm³/mol. The molecule has 0 saturated carbocycles. The van der Waals surface area contributed by atoms with Gasteiger partial charge in [-0.15, -0.1) is 11.3 Å². The van der Waals surface area contributed by atoms with E-state index in [2.05, 4.69) is 0 Å². The summed E-state index contributed by atoms with van der Waals surface area (Å²) in [6.45, 7) is 0. The van der Waals surface area contributed by atoms with Crippen molar-refractivity contribution in [2.24, 2.45) is 5.84 Å². The van der Waals surface area contributed by atoms with Crippen molar-refractivity contribution in [3.8, 4) is 0 Å². The molecule has 1 rings (SSSR count). The summed E-state index contributed by atoms with van der Waals surface area (Å²) in [5.41, 5.74) is 1.70. The first-order valence-electron chi connectivity index (χ1n) is 3.23. The van der Waals surface area contributed by atoms with E-state index < -0.39 is 12.2 Å². The number of thiophene rings is 1. The van der Waals surface area contributed by atoms with Crippen molar-refractivity contribution < 1.29 is 13.2 Å². The van der Waals surface area contributed by atoms with Gasteiger partial charge < -0.3 is 0 Å². The third-order valence-corrected chi connectivity index (χ3v) is 2.67. The van der Waals surface area contributed by atoms with Crippen LogP contribution in [0.4, 0.5) is 13.2 Å². The molecule has 7 heteroatoms. The van der Waals surface area contributed by atoms with Gasteiger partial charge in [0.25, 0.3) is 0 Å². The molecular weight excluding hydrogens is 225 g/mol. The molecule has 0 amide bonds. The van der Waals surface area contributed by atoms with E-state index in [9.17, 15) is 13.2 Å². The zero-order chi connectivity index (χ0) is 10.1. The molecule has 1 aromatic heterocycles. The van der Waals surface area contributed by atoms with Gasteiger partial charge in [-0.2, -0.15) is 13.2 Å². The molecule has 13 heavy (non-hydrogen) atoms. The zero-order valence-corrected chi connectivity index (χ0v) is 7.80. The molecule has 1 atom stereocenters. The van der Waals surface area contributed by atoms with E-state index in [1.165, 1.54) is 12.1 Å². The highest BCUT2D eigenvalue weighted by Gasteiger charge is 2.40. The summed E-state index contributed by atoms with van der Waals surface area (Å²) in [6.07, 6.45) is -4.40. The van der Waals surface area contributed by atoms with Crippen molar-refractivity contribution in [3.05, 3.63) is 21.3 Å². The highest BCUT2D eigenvalue weighted by atomic mass is 35.5. The Balaban J connectivity index is 2.91. The largest absolute Gasteiger partial charge is 0.409 e. The Kier molecular flexibility index (Phi) is 3.18. The van der Waals surface area contributed by atoms with Crippen LogP contribution in [0.5, 0.6) is 0 Å². The van der Waals surface area contributed by atoms with E-state index in [1.54, 1.807) is 5.43 Å². The third kappa shape index (κ3) is 2.57. The van der Waals surface area contributed by atoms with Crippen LogP contribution < -0.4 is 11.3 Å². The van der Waals surface area contributed by atoms with Crippen LogP contribution in [0.15, 0.2) is 12.1 Å². The maximum Gasteiger partial charge on any atom is 0.409 e.